The number of nitrogens with zero attached hydrogens (tertiary/aromatic N) is 2. The molecule has 0 fully saturated rings. The first-order valence-electron chi connectivity index (χ1n) is 18.7. The van der Waals surface area contributed by atoms with Crippen LogP contribution in [-0.2, 0) is 0 Å². The molecule has 0 bridgehead atoms. The molecule has 2 heterocycles. The largest absolute Gasteiger partial charge is 0.308 e. The number of aromatic nitrogens is 2. The van der Waals surface area contributed by atoms with Gasteiger partial charge in [-0.25, -0.2) is 0 Å². The molecule has 250 valence electrons. The molecule has 0 amide bonds. The lowest BCUT2D eigenvalue weighted by atomic mass is 9.96. The number of fused-ring (bicyclic) bond motifs is 15. The summed E-state index contributed by atoms with van der Waals surface area (Å²) >= 11 is 0. The molecule has 0 aliphatic rings. The Morgan fingerprint density at radius 2 is 0.796 bits per heavy atom. The Morgan fingerprint density at radius 3 is 1.54 bits per heavy atom. The standard InChI is InChI=1S/C52H32N2/c1-2-13-33(14-3-1)34-25-29-38(30-26-34)53-50-41-21-9-6-17-37(41)27-31-44(50)48-49-47-40-20-8-5-16-36(40)28-32-46(47)54(45-24-12-18-35-15-4-7-19-39(35)45)52(49)43-23-11-10-22-42(43)51(48)53/h1-32H. The third kappa shape index (κ3) is 4.00. The van der Waals surface area contributed by atoms with Crippen LogP contribution in [0, 0.1) is 0 Å². The minimum absolute atomic E-state index is 1.15. The third-order valence-electron chi connectivity index (χ3n) is 11.6. The van der Waals surface area contributed by atoms with Crippen LogP contribution in [-0.4, -0.2) is 9.13 Å². The van der Waals surface area contributed by atoms with Crippen molar-refractivity contribution in [2.24, 2.45) is 0 Å². The van der Waals surface area contributed by atoms with Gasteiger partial charge in [-0.1, -0.05) is 170 Å². The van der Waals surface area contributed by atoms with Gasteiger partial charge in [-0.05, 0) is 56.9 Å². The summed E-state index contributed by atoms with van der Waals surface area (Å²) in [5.74, 6) is 0. The van der Waals surface area contributed by atoms with Crippen LogP contribution in [0.25, 0.3) is 109 Å². The zero-order valence-electron chi connectivity index (χ0n) is 29.4. The fraction of sp³-hybridized carbons (Fsp3) is 0. The molecule has 0 saturated carbocycles. The van der Waals surface area contributed by atoms with Gasteiger partial charge in [-0.3, -0.25) is 0 Å². The van der Waals surface area contributed by atoms with E-state index in [4.69, 9.17) is 0 Å². The third-order valence-corrected chi connectivity index (χ3v) is 11.6. The Kier molecular flexibility index (Phi) is 6.09. The molecule has 0 unspecified atom stereocenters. The summed E-state index contributed by atoms with van der Waals surface area (Å²) in [5, 5.41) is 15.1. The smallest absolute Gasteiger partial charge is 0.0627 e. The lowest BCUT2D eigenvalue weighted by Gasteiger charge is -2.15. The molecule has 0 N–H and O–H groups in total. The summed E-state index contributed by atoms with van der Waals surface area (Å²) in [6, 6.07) is 71.4. The summed E-state index contributed by atoms with van der Waals surface area (Å²) < 4.78 is 5.11. The maximum Gasteiger partial charge on any atom is 0.0627 e. The highest BCUT2D eigenvalue weighted by atomic mass is 15.0. The van der Waals surface area contributed by atoms with Crippen LogP contribution in [0.4, 0.5) is 0 Å². The van der Waals surface area contributed by atoms with Crippen molar-refractivity contribution in [2.45, 2.75) is 0 Å². The predicted octanol–water partition coefficient (Wildman–Crippen LogP) is 14.2. The van der Waals surface area contributed by atoms with Crippen LogP contribution in [0.2, 0.25) is 0 Å². The second-order valence-electron chi connectivity index (χ2n) is 14.4. The normalized spacial score (nSPS) is 12.1. The van der Waals surface area contributed by atoms with Gasteiger partial charge < -0.3 is 9.13 Å². The topological polar surface area (TPSA) is 9.86 Å². The van der Waals surface area contributed by atoms with Crippen molar-refractivity contribution in [1.82, 2.24) is 9.13 Å². The Bertz CT molecular complexity index is 3470. The monoisotopic (exact) mass is 684 g/mol. The lowest BCUT2D eigenvalue weighted by molar-refractivity contribution is 1.19. The van der Waals surface area contributed by atoms with Gasteiger partial charge >= 0.3 is 0 Å². The van der Waals surface area contributed by atoms with E-state index in [9.17, 15) is 0 Å². The van der Waals surface area contributed by atoms with Crippen molar-refractivity contribution in [3.05, 3.63) is 194 Å². The van der Waals surface area contributed by atoms with E-state index in [1.807, 2.05) is 0 Å². The summed E-state index contributed by atoms with van der Waals surface area (Å²) in [6.45, 7) is 0. The summed E-state index contributed by atoms with van der Waals surface area (Å²) in [6.07, 6.45) is 0. The molecule has 2 heteroatoms. The predicted molar refractivity (Wildman–Crippen MR) is 231 cm³/mol. The second-order valence-corrected chi connectivity index (χ2v) is 14.4. The molecule has 54 heavy (non-hydrogen) atoms. The van der Waals surface area contributed by atoms with E-state index < -0.39 is 0 Å². The molecule has 0 atom stereocenters. The molecule has 12 rings (SSSR count). The van der Waals surface area contributed by atoms with E-state index in [-0.39, 0.29) is 0 Å². The van der Waals surface area contributed by atoms with Crippen LogP contribution >= 0.6 is 0 Å². The number of rotatable bonds is 3. The van der Waals surface area contributed by atoms with Crippen molar-refractivity contribution < 1.29 is 0 Å². The van der Waals surface area contributed by atoms with E-state index >= 15 is 0 Å². The van der Waals surface area contributed by atoms with E-state index in [1.54, 1.807) is 0 Å². The first kappa shape index (κ1) is 29.4. The molecule has 12 aromatic rings. The molecule has 2 aromatic heterocycles. The van der Waals surface area contributed by atoms with Gasteiger partial charge in [-0.2, -0.15) is 0 Å². The van der Waals surface area contributed by atoms with Crippen molar-refractivity contribution in [1.29, 1.82) is 0 Å². The zero-order chi connectivity index (χ0) is 35.3. The van der Waals surface area contributed by atoms with Crippen molar-refractivity contribution in [3.63, 3.8) is 0 Å². The highest BCUT2D eigenvalue weighted by Gasteiger charge is 2.26. The second kappa shape index (κ2) is 11.2. The van der Waals surface area contributed by atoms with Gasteiger partial charge in [0.25, 0.3) is 0 Å². The van der Waals surface area contributed by atoms with Gasteiger partial charge in [0, 0.05) is 48.8 Å². The Balaban J connectivity index is 1.36. The lowest BCUT2D eigenvalue weighted by Crippen LogP contribution is -1.98. The van der Waals surface area contributed by atoms with Crippen molar-refractivity contribution >= 4 is 86.7 Å². The molecular formula is C52H32N2. The molecular weight excluding hydrogens is 653 g/mol. The van der Waals surface area contributed by atoms with Crippen LogP contribution < -0.4 is 0 Å². The Morgan fingerprint density at radius 1 is 0.259 bits per heavy atom. The van der Waals surface area contributed by atoms with Gasteiger partial charge in [0.05, 0.1) is 27.8 Å². The van der Waals surface area contributed by atoms with Gasteiger partial charge in [-0.15, -0.1) is 0 Å². The summed E-state index contributed by atoms with van der Waals surface area (Å²) in [4.78, 5) is 0. The fourth-order valence-electron chi connectivity index (χ4n) is 9.36. The van der Waals surface area contributed by atoms with Gasteiger partial charge in [0.15, 0.2) is 0 Å². The van der Waals surface area contributed by atoms with Crippen molar-refractivity contribution in [2.75, 3.05) is 0 Å². The SMILES string of the molecule is c1ccc(-c2ccc(-n3c4c5ccccc5ccc4c4c5c6c7ccccc7ccc6n(-c6cccc7ccccc67)c5c5ccccc5c43)cc2)cc1. The Hall–Kier alpha value is -7.16. The van der Waals surface area contributed by atoms with Gasteiger partial charge in [0.2, 0.25) is 0 Å². The van der Waals surface area contributed by atoms with E-state index in [1.165, 1.54) is 104 Å². The molecule has 0 saturated heterocycles. The van der Waals surface area contributed by atoms with Crippen LogP contribution in [0.1, 0.15) is 0 Å². The summed E-state index contributed by atoms with van der Waals surface area (Å²) in [5.41, 5.74) is 9.70. The maximum absolute atomic E-state index is 2.56. The quantitative estimate of drug-likeness (QED) is 0.175. The number of hydrogen-bond donors (Lipinski definition) is 0. The first-order chi connectivity index (χ1) is 26.8. The fourth-order valence-corrected chi connectivity index (χ4v) is 9.36. The highest BCUT2D eigenvalue weighted by molar-refractivity contribution is 6.41. The summed E-state index contributed by atoms with van der Waals surface area (Å²) in [7, 11) is 0. The zero-order valence-corrected chi connectivity index (χ0v) is 29.4. The molecule has 0 aliphatic heterocycles. The average Bonchev–Trinajstić information content (AvgIpc) is 3.78. The van der Waals surface area contributed by atoms with Crippen LogP contribution in [0.3, 0.4) is 0 Å². The number of benzene rings is 10. The van der Waals surface area contributed by atoms with E-state index in [2.05, 4.69) is 203 Å². The van der Waals surface area contributed by atoms with Gasteiger partial charge in [0.1, 0.15) is 0 Å². The first-order valence-corrected chi connectivity index (χ1v) is 18.7. The molecule has 10 aromatic carbocycles. The van der Waals surface area contributed by atoms with Crippen LogP contribution in [0.15, 0.2) is 194 Å². The molecule has 2 nitrogen and oxygen atoms in total. The maximum atomic E-state index is 2.56. The van der Waals surface area contributed by atoms with Crippen molar-refractivity contribution in [3.8, 4) is 22.5 Å². The Labute approximate surface area is 311 Å². The molecule has 0 radical (unpaired) electrons. The molecule has 0 aliphatic carbocycles. The number of hydrogen-bond acceptors (Lipinski definition) is 0. The van der Waals surface area contributed by atoms with E-state index in [0.717, 1.165) is 5.69 Å². The average molecular weight is 685 g/mol. The highest BCUT2D eigenvalue weighted by Crippen LogP contribution is 2.50. The molecule has 0 spiro atoms. The van der Waals surface area contributed by atoms with Crippen LogP contribution in [0.5, 0.6) is 0 Å². The van der Waals surface area contributed by atoms with E-state index in [0.29, 0.717) is 0 Å². The minimum Gasteiger partial charge on any atom is -0.308 e. The minimum atomic E-state index is 1.15.